The van der Waals surface area contributed by atoms with Crippen molar-refractivity contribution >= 4 is 0 Å². The lowest BCUT2D eigenvalue weighted by atomic mass is 10.0. The summed E-state index contributed by atoms with van der Waals surface area (Å²) in [4.78, 5) is 0. The first-order valence-electron chi connectivity index (χ1n) is 6.77. The molecular formula is C17H20O5. The fourth-order valence-corrected chi connectivity index (χ4v) is 2.27. The molecule has 2 aromatic rings. The average molecular weight is 304 g/mol. The van der Waals surface area contributed by atoms with Crippen LogP contribution in [0.25, 0.3) is 0 Å². The Morgan fingerprint density at radius 1 is 0.773 bits per heavy atom. The molecule has 2 rings (SSSR count). The van der Waals surface area contributed by atoms with Gasteiger partial charge >= 0.3 is 0 Å². The van der Waals surface area contributed by atoms with Crippen molar-refractivity contribution in [2.24, 2.45) is 0 Å². The fraction of sp³-hybridized carbons (Fsp3) is 0.294. The van der Waals surface area contributed by atoms with Gasteiger partial charge in [-0.3, -0.25) is 0 Å². The van der Waals surface area contributed by atoms with E-state index in [2.05, 4.69) is 0 Å². The molecule has 1 N–H and O–H groups in total. The Morgan fingerprint density at radius 3 is 1.86 bits per heavy atom. The van der Waals surface area contributed by atoms with Crippen LogP contribution < -0.4 is 18.9 Å². The number of aromatic hydroxyl groups is 1. The van der Waals surface area contributed by atoms with Crippen LogP contribution in [-0.4, -0.2) is 33.5 Å². The molecule has 0 bridgehead atoms. The van der Waals surface area contributed by atoms with Gasteiger partial charge in [0.05, 0.1) is 28.4 Å². The number of methoxy groups -OCH3 is 4. The highest BCUT2D eigenvalue weighted by Gasteiger charge is 2.13. The van der Waals surface area contributed by atoms with Crippen molar-refractivity contribution in [2.75, 3.05) is 28.4 Å². The molecule has 0 aliphatic heterocycles. The van der Waals surface area contributed by atoms with Gasteiger partial charge in [-0.1, -0.05) is 6.07 Å². The summed E-state index contributed by atoms with van der Waals surface area (Å²) in [5, 5.41) is 9.96. The SMILES string of the molecule is COc1ccc(Cc2cc(OC)c(O)c(OC)c2)c(OC)c1. The highest BCUT2D eigenvalue weighted by Crippen LogP contribution is 2.38. The maximum Gasteiger partial charge on any atom is 0.200 e. The quantitative estimate of drug-likeness (QED) is 0.889. The summed E-state index contributed by atoms with van der Waals surface area (Å²) in [6, 6.07) is 9.23. The number of hydrogen-bond acceptors (Lipinski definition) is 5. The molecule has 0 aliphatic rings. The summed E-state index contributed by atoms with van der Waals surface area (Å²) in [5.41, 5.74) is 1.94. The predicted molar refractivity (Wildman–Crippen MR) is 83.6 cm³/mol. The molecule has 0 fully saturated rings. The standard InChI is InChI=1S/C17H20O5/c1-19-13-6-5-12(14(10-13)20-2)7-11-8-15(21-3)17(18)16(9-11)22-4/h5-6,8-10,18H,7H2,1-4H3. The Morgan fingerprint density at radius 2 is 1.36 bits per heavy atom. The van der Waals surface area contributed by atoms with Crippen molar-refractivity contribution < 1.29 is 24.1 Å². The summed E-state index contributed by atoms with van der Waals surface area (Å²) < 4.78 is 21.0. The van der Waals surface area contributed by atoms with Gasteiger partial charge in [-0.25, -0.2) is 0 Å². The topological polar surface area (TPSA) is 57.2 Å². The van der Waals surface area contributed by atoms with Crippen LogP contribution in [0, 0.1) is 0 Å². The van der Waals surface area contributed by atoms with Crippen LogP contribution in [0.3, 0.4) is 0 Å². The van der Waals surface area contributed by atoms with Gasteiger partial charge in [0.1, 0.15) is 11.5 Å². The van der Waals surface area contributed by atoms with Crippen LogP contribution in [0.15, 0.2) is 30.3 Å². The van der Waals surface area contributed by atoms with Crippen LogP contribution >= 0.6 is 0 Å². The fourth-order valence-electron chi connectivity index (χ4n) is 2.27. The Labute approximate surface area is 130 Å². The summed E-state index contributed by atoms with van der Waals surface area (Å²) >= 11 is 0. The number of phenols is 1. The molecule has 0 saturated carbocycles. The first-order chi connectivity index (χ1) is 10.6. The summed E-state index contributed by atoms with van der Waals surface area (Å²) in [5.74, 6) is 2.23. The third-order valence-corrected chi connectivity index (χ3v) is 3.43. The third-order valence-electron chi connectivity index (χ3n) is 3.43. The van der Waals surface area contributed by atoms with Crippen LogP contribution in [0.2, 0.25) is 0 Å². The zero-order chi connectivity index (χ0) is 16.1. The number of benzene rings is 2. The zero-order valence-corrected chi connectivity index (χ0v) is 13.2. The molecule has 0 amide bonds. The summed E-state index contributed by atoms with van der Waals surface area (Å²) in [7, 11) is 6.25. The van der Waals surface area contributed by atoms with Crippen LogP contribution in [0.5, 0.6) is 28.7 Å². The number of rotatable bonds is 6. The molecule has 118 valence electrons. The van der Waals surface area contributed by atoms with Crippen molar-refractivity contribution in [3.63, 3.8) is 0 Å². The Kier molecular flexibility index (Phi) is 4.99. The van der Waals surface area contributed by atoms with Gasteiger partial charge in [0.2, 0.25) is 5.75 Å². The molecule has 5 nitrogen and oxygen atoms in total. The predicted octanol–water partition coefficient (Wildman–Crippen LogP) is 3.02. The molecule has 0 unspecified atom stereocenters. The molecule has 0 radical (unpaired) electrons. The Bertz CT molecular complexity index is 626. The second-order valence-electron chi connectivity index (χ2n) is 4.70. The van der Waals surface area contributed by atoms with Gasteiger partial charge in [0.15, 0.2) is 11.5 Å². The van der Waals surface area contributed by atoms with E-state index in [0.717, 1.165) is 22.6 Å². The molecular weight excluding hydrogens is 284 g/mol. The molecule has 0 saturated heterocycles. The van der Waals surface area contributed by atoms with Crippen LogP contribution in [-0.2, 0) is 6.42 Å². The largest absolute Gasteiger partial charge is 0.502 e. The van der Waals surface area contributed by atoms with Crippen molar-refractivity contribution in [3.05, 3.63) is 41.5 Å². The summed E-state index contributed by atoms with van der Waals surface area (Å²) in [6.07, 6.45) is 0.611. The lowest BCUT2D eigenvalue weighted by molar-refractivity contribution is 0.339. The molecule has 0 aliphatic carbocycles. The second-order valence-corrected chi connectivity index (χ2v) is 4.70. The van der Waals surface area contributed by atoms with Crippen LogP contribution in [0.1, 0.15) is 11.1 Å². The van der Waals surface area contributed by atoms with E-state index in [1.165, 1.54) is 14.2 Å². The van der Waals surface area contributed by atoms with Gasteiger partial charge in [-0.2, -0.15) is 0 Å². The monoisotopic (exact) mass is 304 g/mol. The van der Waals surface area contributed by atoms with E-state index in [0.29, 0.717) is 17.9 Å². The number of hydrogen-bond donors (Lipinski definition) is 1. The van der Waals surface area contributed by atoms with Gasteiger partial charge in [-0.05, 0) is 29.3 Å². The summed E-state index contributed by atoms with van der Waals surface area (Å²) in [6.45, 7) is 0. The van der Waals surface area contributed by atoms with E-state index in [-0.39, 0.29) is 5.75 Å². The molecule has 0 spiro atoms. The van der Waals surface area contributed by atoms with Gasteiger partial charge in [0, 0.05) is 12.5 Å². The zero-order valence-electron chi connectivity index (χ0n) is 13.2. The lowest BCUT2D eigenvalue weighted by Crippen LogP contribution is -1.97. The average Bonchev–Trinajstić information content (AvgIpc) is 2.56. The normalized spacial score (nSPS) is 10.2. The van der Waals surface area contributed by atoms with E-state index in [1.54, 1.807) is 26.4 Å². The van der Waals surface area contributed by atoms with Crippen LogP contribution in [0.4, 0.5) is 0 Å². The smallest absolute Gasteiger partial charge is 0.200 e. The highest BCUT2D eigenvalue weighted by atomic mass is 16.5. The lowest BCUT2D eigenvalue weighted by Gasteiger charge is -2.13. The number of phenolic OH excluding ortho intramolecular Hbond substituents is 1. The third kappa shape index (κ3) is 3.19. The van der Waals surface area contributed by atoms with E-state index in [1.807, 2.05) is 18.2 Å². The van der Waals surface area contributed by atoms with E-state index in [4.69, 9.17) is 18.9 Å². The van der Waals surface area contributed by atoms with Crippen molar-refractivity contribution in [1.29, 1.82) is 0 Å². The highest BCUT2D eigenvalue weighted by molar-refractivity contribution is 5.54. The molecule has 0 atom stereocenters. The van der Waals surface area contributed by atoms with Crippen molar-refractivity contribution in [2.45, 2.75) is 6.42 Å². The van der Waals surface area contributed by atoms with E-state index in [9.17, 15) is 5.11 Å². The number of ether oxygens (including phenoxy) is 4. The second kappa shape index (κ2) is 6.93. The first kappa shape index (κ1) is 15.8. The molecule has 0 heterocycles. The Balaban J connectivity index is 2.38. The van der Waals surface area contributed by atoms with E-state index >= 15 is 0 Å². The van der Waals surface area contributed by atoms with Crippen molar-refractivity contribution in [3.8, 4) is 28.7 Å². The van der Waals surface area contributed by atoms with Gasteiger partial charge in [0.25, 0.3) is 0 Å². The Hall–Kier alpha value is -2.56. The van der Waals surface area contributed by atoms with Gasteiger partial charge < -0.3 is 24.1 Å². The minimum atomic E-state index is -0.00422. The van der Waals surface area contributed by atoms with Gasteiger partial charge in [-0.15, -0.1) is 0 Å². The molecule has 2 aromatic carbocycles. The van der Waals surface area contributed by atoms with E-state index < -0.39 is 0 Å². The maximum absolute atomic E-state index is 9.96. The molecule has 0 aromatic heterocycles. The molecule has 22 heavy (non-hydrogen) atoms. The molecule has 5 heteroatoms. The minimum absolute atomic E-state index is 0.00422. The van der Waals surface area contributed by atoms with Crippen molar-refractivity contribution in [1.82, 2.24) is 0 Å². The maximum atomic E-state index is 9.96. The first-order valence-corrected chi connectivity index (χ1v) is 6.77. The minimum Gasteiger partial charge on any atom is -0.502 e.